The van der Waals surface area contributed by atoms with Crippen molar-refractivity contribution in [2.24, 2.45) is 0 Å². The number of fused-ring (bicyclic) bond motifs is 13. The van der Waals surface area contributed by atoms with Crippen molar-refractivity contribution in [3.05, 3.63) is 115 Å². The van der Waals surface area contributed by atoms with Crippen molar-refractivity contribution in [1.29, 1.82) is 0 Å². The van der Waals surface area contributed by atoms with Crippen LogP contribution in [0.25, 0.3) is 91.4 Å². The molecule has 0 radical (unpaired) electrons. The van der Waals surface area contributed by atoms with Crippen LogP contribution >= 0.6 is 11.3 Å². The Balaban J connectivity index is 1.38. The molecule has 0 saturated carbocycles. The molecule has 6 aromatic carbocycles. The van der Waals surface area contributed by atoms with Crippen molar-refractivity contribution in [2.45, 2.75) is 0 Å². The Kier molecular flexibility index (Phi) is 3.81. The van der Waals surface area contributed by atoms with Gasteiger partial charge < -0.3 is 14.0 Å². The number of nitrogens with one attached hydrogen (secondary N) is 1. The van der Waals surface area contributed by atoms with E-state index in [0.717, 1.165) is 27.6 Å². The number of aromatic nitrogens is 2. The van der Waals surface area contributed by atoms with Gasteiger partial charge in [0.15, 0.2) is 5.58 Å². The summed E-state index contributed by atoms with van der Waals surface area (Å²) in [5.74, 6) is 0. The average molecular weight is 529 g/mol. The standard InChI is InChI=1S/C36H20N2OS/c1-4-12-26-23(10-1)34-27(37-26)16-17-32-35(34)25-18-24-20-8-2-5-13-28(20)38(30(24)19-33(25)40-32)29-14-7-11-22-21-9-3-6-15-31(21)39-36(22)29/h1-19,37H. The third kappa shape index (κ3) is 2.54. The molecule has 0 aliphatic heterocycles. The van der Waals surface area contributed by atoms with E-state index in [1.165, 1.54) is 63.8 Å². The van der Waals surface area contributed by atoms with E-state index in [-0.39, 0.29) is 0 Å². The Hall–Kier alpha value is -5.06. The SMILES string of the molecule is c1ccc2c(c1)[nH]c1ccc3sc4cc5c(cc4c3c12)c1ccccc1n5-c1cccc2c1oc1ccccc12. The molecule has 0 amide bonds. The first-order valence-electron chi connectivity index (χ1n) is 13.5. The Labute approximate surface area is 231 Å². The largest absolute Gasteiger partial charge is 0.454 e. The van der Waals surface area contributed by atoms with Gasteiger partial charge in [-0.2, -0.15) is 0 Å². The highest BCUT2D eigenvalue weighted by Crippen LogP contribution is 2.45. The molecule has 40 heavy (non-hydrogen) atoms. The van der Waals surface area contributed by atoms with Gasteiger partial charge in [0.25, 0.3) is 0 Å². The molecule has 0 atom stereocenters. The van der Waals surface area contributed by atoms with Crippen molar-refractivity contribution in [3.63, 3.8) is 0 Å². The number of hydrogen-bond acceptors (Lipinski definition) is 2. The number of aromatic amines is 1. The first-order valence-corrected chi connectivity index (χ1v) is 14.3. The first kappa shape index (κ1) is 20.8. The second-order valence-electron chi connectivity index (χ2n) is 10.6. The molecule has 0 aliphatic rings. The molecular formula is C36H20N2OS. The number of rotatable bonds is 1. The quantitative estimate of drug-likeness (QED) is 0.226. The minimum atomic E-state index is 0.917. The summed E-state index contributed by atoms with van der Waals surface area (Å²) >= 11 is 1.87. The number of H-pyrrole nitrogens is 1. The van der Waals surface area contributed by atoms with E-state index >= 15 is 0 Å². The van der Waals surface area contributed by atoms with Crippen LogP contribution in [0.4, 0.5) is 0 Å². The zero-order valence-corrected chi connectivity index (χ0v) is 22.0. The molecular weight excluding hydrogens is 508 g/mol. The normalized spacial score (nSPS) is 12.5. The minimum absolute atomic E-state index is 0.917. The molecule has 4 heteroatoms. The highest BCUT2D eigenvalue weighted by atomic mass is 32.1. The maximum atomic E-state index is 6.50. The molecule has 3 nitrogen and oxygen atoms in total. The molecule has 1 N–H and O–H groups in total. The van der Waals surface area contributed by atoms with Crippen molar-refractivity contribution in [3.8, 4) is 5.69 Å². The predicted octanol–water partition coefficient (Wildman–Crippen LogP) is 10.7. The van der Waals surface area contributed by atoms with E-state index in [1.807, 2.05) is 17.4 Å². The van der Waals surface area contributed by atoms with E-state index < -0.39 is 0 Å². The van der Waals surface area contributed by atoms with Gasteiger partial charge in [0.2, 0.25) is 0 Å². The summed E-state index contributed by atoms with van der Waals surface area (Å²) in [6.07, 6.45) is 0. The lowest BCUT2D eigenvalue weighted by Gasteiger charge is -2.08. The van der Waals surface area contributed by atoms with Crippen LogP contribution < -0.4 is 0 Å². The molecule has 186 valence electrons. The zero-order chi connectivity index (χ0) is 25.9. The van der Waals surface area contributed by atoms with Crippen LogP contribution in [0.3, 0.4) is 0 Å². The Bertz CT molecular complexity index is 2660. The lowest BCUT2D eigenvalue weighted by Crippen LogP contribution is -1.94. The molecule has 10 rings (SSSR count). The van der Waals surface area contributed by atoms with Gasteiger partial charge in [-0.05, 0) is 48.5 Å². The molecule has 4 aromatic heterocycles. The van der Waals surface area contributed by atoms with Gasteiger partial charge >= 0.3 is 0 Å². The fraction of sp³-hybridized carbons (Fsp3) is 0. The summed E-state index contributed by atoms with van der Waals surface area (Å²) in [6.45, 7) is 0. The summed E-state index contributed by atoms with van der Waals surface area (Å²) in [5.41, 5.74) is 7.66. The Morgan fingerprint density at radius 1 is 0.525 bits per heavy atom. The van der Waals surface area contributed by atoms with Crippen LogP contribution in [-0.2, 0) is 0 Å². The third-order valence-electron chi connectivity index (χ3n) is 8.52. The van der Waals surface area contributed by atoms with Gasteiger partial charge in [-0.25, -0.2) is 0 Å². The van der Waals surface area contributed by atoms with E-state index in [1.54, 1.807) is 0 Å². The van der Waals surface area contributed by atoms with Crippen molar-refractivity contribution in [1.82, 2.24) is 9.55 Å². The lowest BCUT2D eigenvalue weighted by molar-refractivity contribution is 0.666. The van der Waals surface area contributed by atoms with Crippen LogP contribution in [0, 0.1) is 0 Å². The average Bonchev–Trinajstić information content (AvgIpc) is 3.74. The Morgan fingerprint density at radius 3 is 2.27 bits per heavy atom. The van der Waals surface area contributed by atoms with Crippen LogP contribution in [0.2, 0.25) is 0 Å². The van der Waals surface area contributed by atoms with Gasteiger partial charge in [-0.3, -0.25) is 0 Å². The second kappa shape index (κ2) is 7.32. The van der Waals surface area contributed by atoms with E-state index in [0.29, 0.717) is 0 Å². The fourth-order valence-electron chi connectivity index (χ4n) is 6.84. The molecule has 10 aromatic rings. The smallest absolute Gasteiger partial charge is 0.159 e. The minimum Gasteiger partial charge on any atom is -0.454 e. The summed E-state index contributed by atoms with van der Waals surface area (Å²) in [4.78, 5) is 3.64. The molecule has 0 unspecified atom stereocenters. The maximum absolute atomic E-state index is 6.50. The van der Waals surface area contributed by atoms with Crippen LogP contribution in [0.1, 0.15) is 0 Å². The third-order valence-corrected chi connectivity index (χ3v) is 9.64. The van der Waals surface area contributed by atoms with E-state index in [2.05, 4.69) is 119 Å². The number of para-hydroxylation sites is 4. The summed E-state index contributed by atoms with van der Waals surface area (Å²) in [5, 5.41) is 10.0. The molecule has 4 heterocycles. The highest BCUT2D eigenvalue weighted by Gasteiger charge is 2.20. The van der Waals surface area contributed by atoms with Gasteiger partial charge in [0.1, 0.15) is 5.58 Å². The molecule has 0 aliphatic carbocycles. The van der Waals surface area contributed by atoms with Gasteiger partial charge in [0, 0.05) is 63.5 Å². The number of furan rings is 1. The summed E-state index contributed by atoms with van der Waals surface area (Å²) in [7, 11) is 0. The monoisotopic (exact) mass is 528 g/mol. The summed E-state index contributed by atoms with van der Waals surface area (Å²) < 4.78 is 11.5. The first-order chi connectivity index (χ1) is 19.8. The van der Waals surface area contributed by atoms with Crippen LogP contribution in [0.5, 0.6) is 0 Å². The van der Waals surface area contributed by atoms with Gasteiger partial charge in [-0.1, -0.05) is 66.7 Å². The van der Waals surface area contributed by atoms with E-state index in [4.69, 9.17) is 4.42 Å². The highest BCUT2D eigenvalue weighted by molar-refractivity contribution is 7.26. The Morgan fingerprint density at radius 2 is 1.32 bits per heavy atom. The molecule has 0 saturated heterocycles. The van der Waals surface area contributed by atoms with Crippen molar-refractivity contribution in [2.75, 3.05) is 0 Å². The second-order valence-corrected chi connectivity index (χ2v) is 11.7. The van der Waals surface area contributed by atoms with Crippen molar-refractivity contribution < 1.29 is 4.42 Å². The number of hydrogen-bond donors (Lipinski definition) is 1. The molecule has 0 fully saturated rings. The molecule has 0 spiro atoms. The van der Waals surface area contributed by atoms with Crippen LogP contribution in [0.15, 0.2) is 120 Å². The number of nitrogens with zero attached hydrogens (tertiary/aromatic N) is 1. The van der Waals surface area contributed by atoms with Gasteiger partial charge in [0.05, 0.1) is 16.7 Å². The number of benzene rings is 6. The topological polar surface area (TPSA) is 33.9 Å². The predicted molar refractivity (Wildman–Crippen MR) is 170 cm³/mol. The lowest BCUT2D eigenvalue weighted by atomic mass is 10.0. The van der Waals surface area contributed by atoms with Gasteiger partial charge in [-0.15, -0.1) is 11.3 Å². The number of thiophene rings is 1. The summed E-state index contributed by atoms with van der Waals surface area (Å²) in [6, 6.07) is 41.5. The molecule has 0 bridgehead atoms. The fourth-order valence-corrected chi connectivity index (χ4v) is 7.97. The van der Waals surface area contributed by atoms with Crippen LogP contribution in [-0.4, -0.2) is 9.55 Å². The van der Waals surface area contributed by atoms with Crippen molar-refractivity contribution >= 4 is 97.1 Å². The van der Waals surface area contributed by atoms with E-state index in [9.17, 15) is 0 Å². The zero-order valence-electron chi connectivity index (χ0n) is 21.2. The maximum Gasteiger partial charge on any atom is 0.159 e.